The Balaban J connectivity index is 2.40. The summed E-state index contributed by atoms with van der Waals surface area (Å²) in [6.07, 6.45) is 4.97. The largest absolute Gasteiger partial charge is 0.494 e. The van der Waals surface area contributed by atoms with Gasteiger partial charge in [-0.05, 0) is 18.6 Å². The number of rotatable bonds is 5. The van der Waals surface area contributed by atoms with Gasteiger partial charge in [-0.3, -0.25) is 0 Å². The minimum Gasteiger partial charge on any atom is -0.494 e. The molecule has 0 N–H and O–H groups in total. The molecular weight excluding hydrogens is 264 g/mol. The predicted molar refractivity (Wildman–Crippen MR) is 73.7 cm³/mol. The lowest BCUT2D eigenvalue weighted by molar-refractivity contribution is 0.317. The third kappa shape index (κ3) is 3.14. The average molecular weight is 280 g/mol. The van der Waals surface area contributed by atoms with Crippen LogP contribution in [0.3, 0.4) is 0 Å². The van der Waals surface area contributed by atoms with Crippen LogP contribution in [-0.2, 0) is 10.0 Å². The summed E-state index contributed by atoms with van der Waals surface area (Å²) >= 11 is 0. The lowest BCUT2D eigenvalue weighted by Crippen LogP contribution is -2.10. The van der Waals surface area contributed by atoms with E-state index in [2.05, 4.69) is 4.98 Å². The lowest BCUT2D eigenvalue weighted by atomic mass is 10.2. The van der Waals surface area contributed by atoms with Gasteiger partial charge in [-0.1, -0.05) is 19.1 Å². The van der Waals surface area contributed by atoms with E-state index < -0.39 is 10.0 Å². The van der Waals surface area contributed by atoms with Gasteiger partial charge in [0, 0.05) is 18.0 Å². The molecule has 1 heterocycles. The van der Waals surface area contributed by atoms with Crippen molar-refractivity contribution in [2.24, 2.45) is 0 Å². The molecule has 0 unspecified atom stereocenters. The SMILES string of the molecule is CCCOc1cccc(-c2nccn2S(C)(=O)=O)c1. The van der Waals surface area contributed by atoms with E-state index in [0.717, 1.165) is 16.6 Å². The van der Waals surface area contributed by atoms with Crippen molar-refractivity contribution < 1.29 is 13.2 Å². The zero-order chi connectivity index (χ0) is 13.9. The zero-order valence-electron chi connectivity index (χ0n) is 10.9. The van der Waals surface area contributed by atoms with Crippen LogP contribution in [0, 0.1) is 0 Å². The van der Waals surface area contributed by atoms with E-state index in [9.17, 15) is 8.42 Å². The van der Waals surface area contributed by atoms with Gasteiger partial charge in [0.1, 0.15) is 5.75 Å². The molecule has 0 radical (unpaired) electrons. The second kappa shape index (κ2) is 5.44. The Bertz CT molecular complexity index is 662. The summed E-state index contributed by atoms with van der Waals surface area (Å²) in [5, 5.41) is 0. The van der Waals surface area contributed by atoms with Crippen LogP contribution in [0.2, 0.25) is 0 Å². The third-order valence-corrected chi connectivity index (χ3v) is 3.54. The highest BCUT2D eigenvalue weighted by atomic mass is 32.2. The maximum absolute atomic E-state index is 11.6. The van der Waals surface area contributed by atoms with Gasteiger partial charge in [0.05, 0.1) is 12.9 Å². The van der Waals surface area contributed by atoms with E-state index >= 15 is 0 Å². The Morgan fingerprint density at radius 2 is 2.16 bits per heavy atom. The molecule has 1 aromatic carbocycles. The molecule has 102 valence electrons. The standard InChI is InChI=1S/C13H16N2O3S/c1-3-9-18-12-6-4-5-11(10-12)13-14-7-8-15(13)19(2,16)17/h4-8,10H,3,9H2,1-2H3. The first-order valence-corrected chi connectivity index (χ1v) is 7.84. The normalized spacial score (nSPS) is 11.5. The van der Waals surface area contributed by atoms with Gasteiger partial charge in [0.15, 0.2) is 5.82 Å². The van der Waals surface area contributed by atoms with Crippen LogP contribution in [0.15, 0.2) is 36.7 Å². The summed E-state index contributed by atoms with van der Waals surface area (Å²) in [7, 11) is -3.35. The van der Waals surface area contributed by atoms with Gasteiger partial charge in [0.2, 0.25) is 10.0 Å². The first kappa shape index (κ1) is 13.6. The molecule has 0 bridgehead atoms. The average Bonchev–Trinajstić information content (AvgIpc) is 2.86. The second-order valence-electron chi connectivity index (χ2n) is 4.19. The van der Waals surface area contributed by atoms with Gasteiger partial charge in [-0.2, -0.15) is 0 Å². The van der Waals surface area contributed by atoms with Crippen molar-refractivity contribution in [1.82, 2.24) is 8.96 Å². The molecular formula is C13H16N2O3S. The monoisotopic (exact) mass is 280 g/mol. The molecule has 19 heavy (non-hydrogen) atoms. The van der Waals surface area contributed by atoms with E-state index in [1.807, 2.05) is 25.1 Å². The Hall–Kier alpha value is -1.82. The van der Waals surface area contributed by atoms with Crippen LogP contribution in [0.25, 0.3) is 11.4 Å². The Labute approximate surface area is 112 Å². The van der Waals surface area contributed by atoms with Gasteiger partial charge in [0.25, 0.3) is 0 Å². The number of hydrogen-bond acceptors (Lipinski definition) is 4. The molecule has 5 nitrogen and oxygen atoms in total. The fourth-order valence-corrected chi connectivity index (χ4v) is 2.45. The summed E-state index contributed by atoms with van der Waals surface area (Å²) in [4.78, 5) is 4.10. The molecule has 0 aliphatic heterocycles. The van der Waals surface area contributed by atoms with Crippen molar-refractivity contribution in [2.75, 3.05) is 12.9 Å². The fraction of sp³-hybridized carbons (Fsp3) is 0.308. The highest BCUT2D eigenvalue weighted by Crippen LogP contribution is 2.23. The van der Waals surface area contributed by atoms with Crippen molar-refractivity contribution in [1.29, 1.82) is 0 Å². The first-order chi connectivity index (χ1) is 9.02. The summed E-state index contributed by atoms with van der Waals surface area (Å²) in [6.45, 7) is 2.66. The van der Waals surface area contributed by atoms with Crippen LogP contribution in [0.4, 0.5) is 0 Å². The minimum atomic E-state index is -3.35. The third-order valence-electron chi connectivity index (χ3n) is 2.53. The summed E-state index contributed by atoms with van der Waals surface area (Å²) in [5.74, 6) is 1.10. The van der Waals surface area contributed by atoms with E-state index in [0.29, 0.717) is 23.7 Å². The molecule has 0 saturated carbocycles. The maximum Gasteiger partial charge on any atom is 0.237 e. The molecule has 2 aromatic rings. The van der Waals surface area contributed by atoms with Crippen molar-refractivity contribution in [2.45, 2.75) is 13.3 Å². The van der Waals surface area contributed by atoms with Gasteiger partial charge in [-0.25, -0.2) is 17.4 Å². The quantitative estimate of drug-likeness (QED) is 0.842. The van der Waals surface area contributed by atoms with Crippen LogP contribution < -0.4 is 4.74 Å². The highest BCUT2D eigenvalue weighted by Gasteiger charge is 2.13. The first-order valence-electron chi connectivity index (χ1n) is 5.99. The summed E-state index contributed by atoms with van der Waals surface area (Å²) in [5.41, 5.74) is 0.712. The van der Waals surface area contributed by atoms with Crippen molar-refractivity contribution in [3.05, 3.63) is 36.7 Å². The minimum absolute atomic E-state index is 0.393. The van der Waals surface area contributed by atoms with E-state index in [-0.39, 0.29) is 0 Å². The van der Waals surface area contributed by atoms with Crippen molar-refractivity contribution in [3.63, 3.8) is 0 Å². The Kier molecular flexibility index (Phi) is 3.90. The number of aromatic nitrogens is 2. The van der Waals surface area contributed by atoms with Crippen LogP contribution in [0.5, 0.6) is 5.75 Å². The predicted octanol–water partition coefficient (Wildman–Crippen LogP) is 2.15. The molecule has 0 fully saturated rings. The van der Waals surface area contributed by atoms with E-state index in [4.69, 9.17) is 4.74 Å². The fourth-order valence-electron chi connectivity index (χ4n) is 1.71. The lowest BCUT2D eigenvalue weighted by Gasteiger charge is -2.08. The molecule has 2 rings (SSSR count). The van der Waals surface area contributed by atoms with E-state index in [1.54, 1.807) is 6.07 Å². The number of nitrogens with zero attached hydrogens (tertiary/aromatic N) is 2. The molecule has 0 saturated heterocycles. The second-order valence-corrected chi connectivity index (χ2v) is 6.05. The van der Waals surface area contributed by atoms with Crippen molar-refractivity contribution >= 4 is 10.0 Å². The molecule has 0 aliphatic rings. The maximum atomic E-state index is 11.6. The number of hydrogen-bond donors (Lipinski definition) is 0. The van der Waals surface area contributed by atoms with Crippen LogP contribution in [0.1, 0.15) is 13.3 Å². The Morgan fingerprint density at radius 3 is 2.84 bits per heavy atom. The zero-order valence-corrected chi connectivity index (χ0v) is 11.7. The number of benzene rings is 1. The molecule has 0 aliphatic carbocycles. The Morgan fingerprint density at radius 1 is 1.37 bits per heavy atom. The molecule has 0 spiro atoms. The smallest absolute Gasteiger partial charge is 0.237 e. The number of imidazole rings is 1. The highest BCUT2D eigenvalue weighted by molar-refractivity contribution is 7.89. The van der Waals surface area contributed by atoms with Crippen LogP contribution in [-0.4, -0.2) is 30.2 Å². The summed E-state index contributed by atoms with van der Waals surface area (Å²) in [6, 6.07) is 7.26. The number of ether oxygens (including phenoxy) is 1. The van der Waals surface area contributed by atoms with E-state index in [1.165, 1.54) is 12.4 Å². The van der Waals surface area contributed by atoms with Gasteiger partial charge < -0.3 is 4.74 Å². The summed E-state index contributed by atoms with van der Waals surface area (Å²) < 4.78 is 30.0. The topological polar surface area (TPSA) is 61.2 Å². The van der Waals surface area contributed by atoms with Gasteiger partial charge in [-0.15, -0.1) is 0 Å². The molecule has 6 heteroatoms. The molecule has 0 amide bonds. The molecule has 0 atom stereocenters. The van der Waals surface area contributed by atoms with Crippen LogP contribution >= 0.6 is 0 Å². The van der Waals surface area contributed by atoms with Crippen molar-refractivity contribution in [3.8, 4) is 17.1 Å². The molecule has 1 aromatic heterocycles. The van der Waals surface area contributed by atoms with Gasteiger partial charge >= 0.3 is 0 Å².